The van der Waals surface area contributed by atoms with E-state index in [4.69, 9.17) is 20.4 Å². The maximum Gasteiger partial charge on any atom is 0.407 e. The van der Waals surface area contributed by atoms with Crippen molar-refractivity contribution < 1.29 is 24.2 Å². The number of carboxylic acid groups (broad SMARTS) is 1. The van der Waals surface area contributed by atoms with Gasteiger partial charge in [0.25, 0.3) is 0 Å². The van der Waals surface area contributed by atoms with Crippen LogP contribution in [-0.2, 0) is 9.53 Å². The number of rotatable bonds is 5. The van der Waals surface area contributed by atoms with Gasteiger partial charge in [0, 0.05) is 12.6 Å². The van der Waals surface area contributed by atoms with Crippen molar-refractivity contribution in [3.05, 3.63) is 24.9 Å². The van der Waals surface area contributed by atoms with E-state index in [1.807, 2.05) is 32.6 Å². The number of ether oxygens (including phenoxy) is 1. The lowest BCUT2D eigenvalue weighted by Crippen LogP contribution is -2.43. The van der Waals surface area contributed by atoms with Crippen LogP contribution in [0, 0.1) is 24.2 Å². The third-order valence-corrected chi connectivity index (χ3v) is 6.84. The molecule has 0 radical (unpaired) electrons. The molecule has 1 saturated heterocycles. The molecule has 9 heteroatoms. The lowest BCUT2D eigenvalue weighted by atomic mass is 9.88. The quantitative estimate of drug-likeness (QED) is 0.184. The fourth-order valence-corrected chi connectivity index (χ4v) is 3.42. The topological polar surface area (TPSA) is 148 Å². The van der Waals surface area contributed by atoms with Gasteiger partial charge < -0.3 is 31.5 Å². The van der Waals surface area contributed by atoms with E-state index < -0.39 is 11.7 Å². The van der Waals surface area contributed by atoms with Crippen LogP contribution in [-0.4, -0.2) is 52.3 Å². The van der Waals surface area contributed by atoms with Crippen LogP contribution in [0.15, 0.2) is 24.9 Å². The molecule has 0 aromatic rings. The predicted octanol–water partition coefficient (Wildman–Crippen LogP) is 7.85. The molecular formula is C34H66N4O5. The number of allylic oxidation sites excluding steroid dienone is 1. The molecule has 0 spiro atoms. The fraction of sp³-hybridized carbons (Fsp3) is 0.735. The summed E-state index contributed by atoms with van der Waals surface area (Å²) in [6.07, 6.45) is 20.1. The molecule has 0 aromatic carbocycles. The van der Waals surface area contributed by atoms with Crippen LogP contribution in [0.2, 0.25) is 0 Å². The molecule has 3 atom stereocenters. The zero-order chi connectivity index (χ0) is 34.8. The number of terminal acetylenes is 1. The minimum absolute atomic E-state index is 0.0525. The second-order valence-corrected chi connectivity index (χ2v) is 12.8. The third-order valence-electron chi connectivity index (χ3n) is 6.84. The van der Waals surface area contributed by atoms with E-state index in [0.29, 0.717) is 5.92 Å². The van der Waals surface area contributed by atoms with E-state index in [2.05, 4.69) is 78.6 Å². The van der Waals surface area contributed by atoms with Crippen LogP contribution < -0.4 is 16.8 Å². The molecule has 0 unspecified atom stereocenters. The lowest BCUT2D eigenvalue weighted by Gasteiger charge is -2.29. The molecule has 0 aromatic heterocycles. The van der Waals surface area contributed by atoms with Gasteiger partial charge in [-0.1, -0.05) is 91.9 Å². The third kappa shape index (κ3) is 33.2. The van der Waals surface area contributed by atoms with Gasteiger partial charge in [-0.25, -0.2) is 9.59 Å². The normalized spacial score (nSPS) is 16.7. The van der Waals surface area contributed by atoms with Gasteiger partial charge in [0.2, 0.25) is 5.91 Å². The van der Waals surface area contributed by atoms with Gasteiger partial charge in [0.1, 0.15) is 11.6 Å². The van der Waals surface area contributed by atoms with Crippen molar-refractivity contribution in [1.29, 1.82) is 0 Å². The van der Waals surface area contributed by atoms with Crippen LogP contribution in [0.4, 0.5) is 9.59 Å². The maximum absolute atomic E-state index is 11.4. The Balaban J connectivity index is -0.000000230. The van der Waals surface area contributed by atoms with Gasteiger partial charge in [-0.2, -0.15) is 0 Å². The van der Waals surface area contributed by atoms with Crippen molar-refractivity contribution >= 4 is 18.1 Å². The van der Waals surface area contributed by atoms with Crippen LogP contribution in [0.5, 0.6) is 0 Å². The number of likely N-dealkylation sites (tertiary alicyclic amines) is 1. The summed E-state index contributed by atoms with van der Waals surface area (Å²) in [4.78, 5) is 32.8. The Kier molecular flexibility index (Phi) is 28.8. The first-order valence-electron chi connectivity index (χ1n) is 15.3. The number of nitrogens with one attached hydrogen (secondary N) is 1. The number of hydrogen-bond donors (Lipinski definition) is 4. The van der Waals surface area contributed by atoms with Crippen molar-refractivity contribution in [1.82, 2.24) is 10.2 Å². The van der Waals surface area contributed by atoms with Crippen molar-refractivity contribution in [2.24, 2.45) is 22.8 Å². The molecule has 2 aliphatic rings. The molecule has 6 N–H and O–H groups in total. The first-order valence-corrected chi connectivity index (χ1v) is 15.3. The second-order valence-electron chi connectivity index (χ2n) is 12.8. The highest BCUT2D eigenvalue weighted by molar-refractivity contribution is 5.80. The highest BCUT2D eigenvalue weighted by Gasteiger charge is 2.26. The van der Waals surface area contributed by atoms with E-state index in [9.17, 15) is 9.59 Å². The van der Waals surface area contributed by atoms with Crippen molar-refractivity contribution in [3.8, 4) is 12.8 Å². The zero-order valence-electron chi connectivity index (χ0n) is 29.1. The molecule has 3 amide bonds. The number of primary amides is 2. The Morgan fingerprint density at radius 2 is 1.40 bits per heavy atom. The Morgan fingerprint density at radius 3 is 1.60 bits per heavy atom. The van der Waals surface area contributed by atoms with Gasteiger partial charge in [0.15, 0.2) is 0 Å². The lowest BCUT2D eigenvalue weighted by molar-refractivity contribution is -0.121. The first-order chi connectivity index (χ1) is 19.7. The maximum atomic E-state index is 11.4. The molecule has 1 aliphatic carbocycles. The molecule has 43 heavy (non-hydrogen) atoms. The summed E-state index contributed by atoms with van der Waals surface area (Å²) in [6.45, 7) is 28.6. The number of nitrogens with two attached hydrogens (primary N) is 2. The number of amides is 3. The zero-order valence-corrected chi connectivity index (χ0v) is 29.1. The van der Waals surface area contributed by atoms with Crippen LogP contribution in [0.25, 0.3) is 0 Å². The van der Waals surface area contributed by atoms with Gasteiger partial charge in [-0.15, -0.1) is 12.8 Å². The largest absolute Gasteiger partial charge is 0.465 e. The smallest absolute Gasteiger partial charge is 0.407 e. The van der Waals surface area contributed by atoms with E-state index in [-0.39, 0.29) is 29.5 Å². The van der Waals surface area contributed by atoms with E-state index >= 15 is 0 Å². The first kappa shape index (κ1) is 46.8. The van der Waals surface area contributed by atoms with Gasteiger partial charge >= 0.3 is 12.2 Å². The Hall–Kier alpha value is -3.15. The summed E-state index contributed by atoms with van der Waals surface area (Å²) in [5.41, 5.74) is 10.1. The molecule has 1 aliphatic heterocycles. The number of alkyl carbamates (subject to hydrolysis) is 1. The highest BCUT2D eigenvalue weighted by atomic mass is 16.6. The molecule has 0 bridgehead atoms. The molecule has 252 valence electrons. The van der Waals surface area contributed by atoms with Gasteiger partial charge in [-0.3, -0.25) is 4.79 Å². The summed E-state index contributed by atoms with van der Waals surface area (Å²) in [7, 11) is 0. The van der Waals surface area contributed by atoms with E-state index in [0.717, 1.165) is 19.4 Å². The second kappa shape index (κ2) is 26.5. The van der Waals surface area contributed by atoms with E-state index in [1.54, 1.807) is 6.20 Å². The minimum atomic E-state index is -1.33. The summed E-state index contributed by atoms with van der Waals surface area (Å²) < 4.78 is 5.15. The van der Waals surface area contributed by atoms with Crippen LogP contribution in [0.3, 0.4) is 0 Å². The Labute approximate surface area is 264 Å². The SMILES string of the molecule is C#C.C1CCCCC1.C=C(C)[C@H](C)CC.C=CN1CCC[C@H]1C(N)=O.C[C@@H](NC(=O)OC(C)(C)C)C(C)(C)C.NC(=O)O. The fourth-order valence-electron chi connectivity index (χ4n) is 3.42. The highest BCUT2D eigenvalue weighted by Crippen LogP contribution is 2.19. The Morgan fingerprint density at radius 1 is 1.00 bits per heavy atom. The van der Waals surface area contributed by atoms with E-state index in [1.165, 1.54) is 50.5 Å². The number of carbonyl (C=O) groups is 3. The summed E-state index contributed by atoms with van der Waals surface area (Å²) in [5.74, 6) is 0.470. The molecule has 1 heterocycles. The number of nitrogens with zero attached hydrogens (tertiary/aromatic N) is 1. The van der Waals surface area contributed by atoms with Crippen LogP contribution in [0.1, 0.15) is 127 Å². The van der Waals surface area contributed by atoms with Gasteiger partial charge in [-0.05, 0) is 71.4 Å². The van der Waals surface area contributed by atoms with Crippen LogP contribution >= 0.6 is 0 Å². The van der Waals surface area contributed by atoms with Crippen molar-refractivity contribution in [2.75, 3.05) is 6.54 Å². The Bertz CT molecular complexity index is 777. The monoisotopic (exact) mass is 611 g/mol. The molecular weight excluding hydrogens is 544 g/mol. The average molecular weight is 611 g/mol. The predicted molar refractivity (Wildman–Crippen MR) is 181 cm³/mol. The molecule has 2 rings (SSSR count). The average Bonchev–Trinajstić information content (AvgIpc) is 3.39. The molecule has 1 saturated carbocycles. The summed E-state index contributed by atoms with van der Waals surface area (Å²) in [6, 6.07) is -0.00477. The van der Waals surface area contributed by atoms with Crippen molar-refractivity contribution in [2.45, 2.75) is 145 Å². The minimum Gasteiger partial charge on any atom is -0.465 e. The standard InChI is InChI=1S/C11H23NO2.C7H12N2O.C7H14.C6H12.C2H2.CH3NO2/c1-8(10(2,3)4)12-9(13)14-11(5,6)7;1-2-9-5-3-4-6(9)7(8)10;1-5-7(4)6(2)3;1-2-4-6-5-3-1;1-2;2-1(3)4/h8H,1-7H3,(H,12,13);2,6H,1,3-5H2,(H2,8,10);7H,2,5H2,1,3-4H3;1-6H2;1-2H;2H2,(H,3,4)/t8-;6-;7-;;;/m101.../s1. The number of hydrogen-bond acceptors (Lipinski definition) is 5. The van der Waals surface area contributed by atoms with Gasteiger partial charge in [0.05, 0.1) is 0 Å². The summed E-state index contributed by atoms with van der Waals surface area (Å²) >= 11 is 0. The summed E-state index contributed by atoms with van der Waals surface area (Å²) in [5, 5.41) is 10.0. The molecule has 9 nitrogen and oxygen atoms in total. The number of carbonyl (C=O) groups excluding carboxylic acids is 2. The van der Waals surface area contributed by atoms with Crippen molar-refractivity contribution in [3.63, 3.8) is 0 Å². The molecule has 2 fully saturated rings.